The van der Waals surface area contributed by atoms with Gasteiger partial charge in [0, 0.05) is 6.54 Å². The third-order valence-corrected chi connectivity index (χ3v) is 4.51. The van der Waals surface area contributed by atoms with Gasteiger partial charge in [0.05, 0.1) is 12.3 Å². The Morgan fingerprint density at radius 2 is 1.77 bits per heavy atom. The number of carbonyl (C=O) groups is 2. The summed E-state index contributed by atoms with van der Waals surface area (Å²) in [6.07, 6.45) is 6.12. The molecule has 1 aliphatic rings. The highest BCUT2D eigenvalue weighted by Gasteiger charge is 2.25. The summed E-state index contributed by atoms with van der Waals surface area (Å²) >= 11 is 0. The minimum atomic E-state index is -0.647. The zero-order chi connectivity index (χ0) is 15.8. The number of amides is 1. The van der Waals surface area contributed by atoms with E-state index in [0.29, 0.717) is 18.9 Å². The Hall–Kier alpha value is -1.84. The van der Waals surface area contributed by atoms with Crippen LogP contribution in [0.5, 0.6) is 0 Å². The predicted molar refractivity (Wildman–Crippen MR) is 85.5 cm³/mol. The van der Waals surface area contributed by atoms with Crippen molar-refractivity contribution in [2.45, 2.75) is 44.9 Å². The van der Waals surface area contributed by atoms with E-state index in [1.165, 1.54) is 0 Å². The van der Waals surface area contributed by atoms with Crippen molar-refractivity contribution in [3.05, 3.63) is 35.9 Å². The van der Waals surface area contributed by atoms with E-state index in [2.05, 4.69) is 5.32 Å². The second-order valence-electron chi connectivity index (χ2n) is 6.21. The van der Waals surface area contributed by atoms with Gasteiger partial charge in [0.15, 0.2) is 0 Å². The first-order valence-corrected chi connectivity index (χ1v) is 8.18. The average molecular weight is 303 g/mol. The van der Waals surface area contributed by atoms with Crippen LogP contribution in [0.1, 0.15) is 44.1 Å². The number of carbonyl (C=O) groups excluding carboxylic acids is 1. The Balaban J connectivity index is 1.56. The third-order valence-electron chi connectivity index (χ3n) is 4.51. The van der Waals surface area contributed by atoms with E-state index in [9.17, 15) is 9.59 Å². The molecule has 0 atom stereocenters. The molecule has 1 aromatic carbocycles. The van der Waals surface area contributed by atoms with Gasteiger partial charge in [-0.15, -0.1) is 0 Å². The molecule has 0 heterocycles. The van der Waals surface area contributed by atoms with Crippen LogP contribution in [0.3, 0.4) is 0 Å². The van der Waals surface area contributed by atoms with Crippen LogP contribution in [0.2, 0.25) is 0 Å². The predicted octanol–water partition coefficient (Wildman–Crippen LogP) is 3.02. The molecule has 0 bridgehead atoms. The van der Waals surface area contributed by atoms with E-state index in [4.69, 9.17) is 5.11 Å². The summed E-state index contributed by atoms with van der Waals surface area (Å²) in [6, 6.07) is 9.74. The lowest BCUT2D eigenvalue weighted by atomic mass is 9.80. The van der Waals surface area contributed by atoms with Crippen molar-refractivity contribution < 1.29 is 14.7 Å². The van der Waals surface area contributed by atoms with Crippen molar-refractivity contribution in [1.82, 2.24) is 5.32 Å². The van der Waals surface area contributed by atoms with Gasteiger partial charge in [-0.05, 0) is 50.0 Å². The summed E-state index contributed by atoms with van der Waals surface area (Å²) in [4.78, 5) is 22.7. The van der Waals surface area contributed by atoms with E-state index >= 15 is 0 Å². The minimum Gasteiger partial charge on any atom is -0.481 e. The molecule has 0 radical (unpaired) electrons. The number of aliphatic carboxylic acids is 1. The molecule has 1 amide bonds. The zero-order valence-corrected chi connectivity index (χ0v) is 13.0. The van der Waals surface area contributed by atoms with Gasteiger partial charge in [-0.25, -0.2) is 0 Å². The number of hydrogen-bond donors (Lipinski definition) is 2. The van der Waals surface area contributed by atoms with Crippen molar-refractivity contribution in [2.24, 2.45) is 11.8 Å². The Bertz CT molecular complexity index is 478. The fourth-order valence-corrected chi connectivity index (χ4v) is 3.16. The monoisotopic (exact) mass is 303 g/mol. The number of benzene rings is 1. The highest BCUT2D eigenvalue weighted by molar-refractivity contribution is 5.78. The molecule has 1 fully saturated rings. The Morgan fingerprint density at radius 1 is 1.09 bits per heavy atom. The quantitative estimate of drug-likeness (QED) is 0.761. The maximum atomic E-state index is 11.8. The molecule has 4 nitrogen and oxygen atoms in total. The van der Waals surface area contributed by atoms with Crippen LogP contribution < -0.4 is 5.32 Å². The lowest BCUT2D eigenvalue weighted by Crippen LogP contribution is -2.27. The SMILES string of the molecule is O=C(Cc1ccccc1)NCCCC1CCC(C(=O)O)CC1. The van der Waals surface area contributed by atoms with Gasteiger partial charge < -0.3 is 10.4 Å². The fraction of sp³-hybridized carbons (Fsp3) is 0.556. The second-order valence-corrected chi connectivity index (χ2v) is 6.21. The second kappa shape index (κ2) is 8.57. The smallest absolute Gasteiger partial charge is 0.306 e. The summed E-state index contributed by atoms with van der Waals surface area (Å²) in [6.45, 7) is 0.713. The van der Waals surface area contributed by atoms with Gasteiger partial charge in [0.25, 0.3) is 0 Å². The standard InChI is InChI=1S/C18H25NO3/c20-17(13-15-5-2-1-3-6-15)19-12-4-7-14-8-10-16(11-9-14)18(21)22/h1-3,5-6,14,16H,4,7-13H2,(H,19,20)(H,21,22). The molecule has 1 saturated carbocycles. The lowest BCUT2D eigenvalue weighted by molar-refractivity contribution is -0.143. The topological polar surface area (TPSA) is 66.4 Å². The largest absolute Gasteiger partial charge is 0.481 e. The molecular weight excluding hydrogens is 278 g/mol. The van der Waals surface area contributed by atoms with Crippen molar-refractivity contribution >= 4 is 11.9 Å². The molecule has 0 aromatic heterocycles. The van der Waals surface area contributed by atoms with Crippen molar-refractivity contribution in [3.8, 4) is 0 Å². The molecule has 120 valence electrons. The summed E-state index contributed by atoms with van der Waals surface area (Å²) in [5, 5.41) is 11.9. The molecule has 22 heavy (non-hydrogen) atoms. The summed E-state index contributed by atoms with van der Waals surface area (Å²) in [5.74, 6) is -0.0872. The van der Waals surface area contributed by atoms with E-state index < -0.39 is 5.97 Å². The van der Waals surface area contributed by atoms with Gasteiger partial charge in [0.2, 0.25) is 5.91 Å². The fourth-order valence-electron chi connectivity index (χ4n) is 3.16. The van der Waals surface area contributed by atoms with Crippen LogP contribution in [0.15, 0.2) is 30.3 Å². The van der Waals surface area contributed by atoms with Gasteiger partial charge in [-0.2, -0.15) is 0 Å². The van der Waals surface area contributed by atoms with Crippen LogP contribution in [-0.4, -0.2) is 23.5 Å². The number of carboxylic acids is 1. The number of nitrogens with one attached hydrogen (secondary N) is 1. The number of carboxylic acid groups (broad SMARTS) is 1. The lowest BCUT2D eigenvalue weighted by Gasteiger charge is -2.25. The van der Waals surface area contributed by atoms with E-state index in [0.717, 1.165) is 44.1 Å². The Kier molecular flexibility index (Phi) is 6.44. The van der Waals surface area contributed by atoms with E-state index in [-0.39, 0.29) is 11.8 Å². The van der Waals surface area contributed by atoms with Crippen LogP contribution in [0.25, 0.3) is 0 Å². The maximum Gasteiger partial charge on any atom is 0.306 e. The molecule has 1 aromatic rings. The summed E-state index contributed by atoms with van der Waals surface area (Å²) in [7, 11) is 0. The molecular formula is C18H25NO3. The van der Waals surface area contributed by atoms with Crippen molar-refractivity contribution in [2.75, 3.05) is 6.54 Å². The highest BCUT2D eigenvalue weighted by Crippen LogP contribution is 2.31. The molecule has 1 aliphatic carbocycles. The Labute approximate surface area is 131 Å². The first-order valence-electron chi connectivity index (χ1n) is 8.18. The van der Waals surface area contributed by atoms with Crippen molar-refractivity contribution in [3.63, 3.8) is 0 Å². The van der Waals surface area contributed by atoms with Crippen molar-refractivity contribution in [1.29, 1.82) is 0 Å². The molecule has 4 heteroatoms. The van der Waals surface area contributed by atoms with E-state index in [1.807, 2.05) is 30.3 Å². The first kappa shape index (κ1) is 16.5. The van der Waals surface area contributed by atoms with E-state index in [1.54, 1.807) is 0 Å². The maximum absolute atomic E-state index is 11.8. The average Bonchev–Trinajstić information content (AvgIpc) is 2.53. The number of rotatable bonds is 7. The molecule has 0 unspecified atom stereocenters. The van der Waals surface area contributed by atoms with Crippen LogP contribution >= 0.6 is 0 Å². The molecule has 0 saturated heterocycles. The molecule has 2 N–H and O–H groups in total. The highest BCUT2D eigenvalue weighted by atomic mass is 16.4. The molecule has 2 rings (SSSR count). The Morgan fingerprint density at radius 3 is 2.41 bits per heavy atom. The van der Waals surface area contributed by atoms with Gasteiger partial charge in [0.1, 0.15) is 0 Å². The third kappa shape index (κ3) is 5.51. The zero-order valence-electron chi connectivity index (χ0n) is 13.0. The molecule has 0 spiro atoms. The van der Waals surface area contributed by atoms with Gasteiger partial charge in [-0.3, -0.25) is 9.59 Å². The van der Waals surface area contributed by atoms with Gasteiger partial charge in [-0.1, -0.05) is 30.3 Å². The van der Waals surface area contributed by atoms with Crippen LogP contribution in [-0.2, 0) is 16.0 Å². The minimum absolute atomic E-state index is 0.0702. The van der Waals surface area contributed by atoms with Crippen LogP contribution in [0.4, 0.5) is 0 Å². The normalized spacial score (nSPS) is 21.3. The summed E-state index contributed by atoms with van der Waals surface area (Å²) < 4.78 is 0. The van der Waals surface area contributed by atoms with Crippen LogP contribution in [0, 0.1) is 11.8 Å². The summed E-state index contributed by atoms with van der Waals surface area (Å²) in [5.41, 5.74) is 1.03. The van der Waals surface area contributed by atoms with Gasteiger partial charge >= 0.3 is 5.97 Å². The number of hydrogen-bond acceptors (Lipinski definition) is 2. The molecule has 0 aliphatic heterocycles. The first-order chi connectivity index (χ1) is 10.6.